The van der Waals surface area contributed by atoms with Crippen LogP contribution in [0.2, 0.25) is 0 Å². The van der Waals surface area contributed by atoms with Gasteiger partial charge < -0.3 is 20.1 Å². The topological polar surface area (TPSA) is 79.9 Å². The lowest BCUT2D eigenvalue weighted by Gasteiger charge is -2.31. The summed E-state index contributed by atoms with van der Waals surface area (Å²) >= 11 is 0. The lowest BCUT2D eigenvalue weighted by atomic mass is 9.90. The molecule has 0 aliphatic carbocycles. The van der Waals surface area contributed by atoms with E-state index in [1.165, 1.54) is 12.5 Å². The van der Waals surface area contributed by atoms with Crippen molar-refractivity contribution in [3.8, 4) is 11.5 Å². The van der Waals surface area contributed by atoms with Crippen molar-refractivity contribution in [3.05, 3.63) is 48.0 Å². The Labute approximate surface area is 190 Å². The second-order valence-corrected chi connectivity index (χ2v) is 8.29. The van der Waals surface area contributed by atoms with Gasteiger partial charge in [0, 0.05) is 24.4 Å². The van der Waals surface area contributed by atoms with Crippen molar-refractivity contribution in [1.29, 1.82) is 0 Å². The molecule has 1 aliphatic heterocycles. The summed E-state index contributed by atoms with van der Waals surface area (Å²) in [5, 5.41) is 5.65. The number of piperidine rings is 1. The summed E-state index contributed by atoms with van der Waals surface area (Å²) in [5.74, 6) is 2.18. The van der Waals surface area contributed by atoms with Gasteiger partial charge in [-0.25, -0.2) is 0 Å². The molecular formula is C25H33N3O4. The van der Waals surface area contributed by atoms with Crippen LogP contribution in [0, 0.1) is 5.92 Å². The Morgan fingerprint density at radius 2 is 1.50 bits per heavy atom. The number of benzene rings is 2. The quantitative estimate of drug-likeness (QED) is 0.619. The number of carbonyl (C=O) groups excluding carboxylic acids is 2. The van der Waals surface area contributed by atoms with E-state index in [1.54, 1.807) is 38.5 Å². The van der Waals surface area contributed by atoms with Gasteiger partial charge in [0.15, 0.2) is 0 Å². The van der Waals surface area contributed by atoms with E-state index in [0.29, 0.717) is 18.2 Å². The first-order chi connectivity index (χ1) is 15.4. The summed E-state index contributed by atoms with van der Waals surface area (Å²) in [7, 11) is 3.34. The summed E-state index contributed by atoms with van der Waals surface area (Å²) in [6.45, 7) is 3.73. The predicted octanol–water partition coefficient (Wildman–Crippen LogP) is 3.95. The van der Waals surface area contributed by atoms with Gasteiger partial charge in [-0.3, -0.25) is 14.5 Å². The Morgan fingerprint density at radius 1 is 0.938 bits per heavy atom. The molecule has 1 heterocycles. The number of carbonyl (C=O) groups is 2. The lowest BCUT2D eigenvalue weighted by molar-refractivity contribution is -0.117. The zero-order valence-corrected chi connectivity index (χ0v) is 19.1. The molecule has 2 N–H and O–H groups in total. The second kappa shape index (κ2) is 11.5. The van der Waals surface area contributed by atoms with E-state index in [2.05, 4.69) is 27.7 Å². The molecule has 0 unspecified atom stereocenters. The predicted molar refractivity (Wildman–Crippen MR) is 126 cm³/mol. The molecule has 2 aromatic carbocycles. The molecule has 1 fully saturated rings. The SMILES string of the molecule is COc1cc(CCC2CCN(CC(=O)Nc3ccc(NC(C)=O)cc3)CC2)cc(OC)c1. The third kappa shape index (κ3) is 7.27. The van der Waals surface area contributed by atoms with E-state index in [9.17, 15) is 9.59 Å². The molecule has 32 heavy (non-hydrogen) atoms. The third-order valence-electron chi connectivity index (χ3n) is 5.82. The molecule has 0 spiro atoms. The Hall–Kier alpha value is -3.06. The van der Waals surface area contributed by atoms with Gasteiger partial charge in [-0.05, 0) is 86.7 Å². The minimum Gasteiger partial charge on any atom is -0.497 e. The van der Waals surface area contributed by atoms with Crippen LogP contribution in [-0.2, 0) is 16.0 Å². The highest BCUT2D eigenvalue weighted by Gasteiger charge is 2.21. The molecule has 2 amide bonds. The van der Waals surface area contributed by atoms with Crippen LogP contribution in [0.1, 0.15) is 31.7 Å². The van der Waals surface area contributed by atoms with E-state index in [4.69, 9.17) is 9.47 Å². The number of methoxy groups -OCH3 is 2. The van der Waals surface area contributed by atoms with Crippen LogP contribution >= 0.6 is 0 Å². The van der Waals surface area contributed by atoms with E-state index < -0.39 is 0 Å². The van der Waals surface area contributed by atoms with Crippen LogP contribution in [0.3, 0.4) is 0 Å². The fourth-order valence-electron chi connectivity index (χ4n) is 4.06. The van der Waals surface area contributed by atoms with E-state index in [-0.39, 0.29) is 11.8 Å². The zero-order chi connectivity index (χ0) is 22.9. The van der Waals surface area contributed by atoms with Gasteiger partial charge in [-0.2, -0.15) is 0 Å². The molecule has 7 nitrogen and oxygen atoms in total. The molecule has 0 aromatic heterocycles. The number of anilines is 2. The molecule has 0 saturated carbocycles. The van der Waals surface area contributed by atoms with Crippen molar-refractivity contribution in [1.82, 2.24) is 4.90 Å². The summed E-state index contributed by atoms with van der Waals surface area (Å²) in [5.41, 5.74) is 2.67. The number of rotatable bonds is 9. The maximum Gasteiger partial charge on any atom is 0.238 e. The molecule has 7 heteroatoms. The van der Waals surface area contributed by atoms with Crippen molar-refractivity contribution >= 4 is 23.2 Å². The molecule has 2 aromatic rings. The Balaban J connectivity index is 1.40. The van der Waals surface area contributed by atoms with E-state index in [1.807, 2.05) is 6.07 Å². The Morgan fingerprint density at radius 3 is 2.03 bits per heavy atom. The summed E-state index contributed by atoms with van der Waals surface area (Å²) in [4.78, 5) is 25.7. The molecule has 1 aliphatic rings. The zero-order valence-electron chi connectivity index (χ0n) is 19.1. The minimum atomic E-state index is -0.117. The molecule has 172 valence electrons. The van der Waals surface area contributed by atoms with Gasteiger partial charge in [0.05, 0.1) is 20.8 Å². The number of likely N-dealkylation sites (tertiary alicyclic amines) is 1. The van der Waals surface area contributed by atoms with Crippen LogP contribution in [-0.4, -0.2) is 50.6 Å². The molecule has 3 rings (SSSR count). The van der Waals surface area contributed by atoms with E-state index in [0.717, 1.165) is 56.0 Å². The average Bonchev–Trinajstić information content (AvgIpc) is 2.79. The Bertz CT molecular complexity index is 884. The average molecular weight is 440 g/mol. The first-order valence-electron chi connectivity index (χ1n) is 11.1. The van der Waals surface area contributed by atoms with Crippen molar-refractivity contribution in [2.75, 3.05) is 44.5 Å². The van der Waals surface area contributed by atoms with Crippen LogP contribution in [0.25, 0.3) is 0 Å². The molecule has 0 atom stereocenters. The number of amides is 2. The van der Waals surface area contributed by atoms with Gasteiger partial charge in [0.1, 0.15) is 11.5 Å². The van der Waals surface area contributed by atoms with Gasteiger partial charge in [-0.15, -0.1) is 0 Å². The Kier molecular flexibility index (Phi) is 8.50. The molecular weight excluding hydrogens is 406 g/mol. The van der Waals surface area contributed by atoms with Crippen molar-refractivity contribution in [3.63, 3.8) is 0 Å². The monoisotopic (exact) mass is 439 g/mol. The summed E-state index contributed by atoms with van der Waals surface area (Å²) < 4.78 is 10.7. The van der Waals surface area contributed by atoms with Gasteiger partial charge in [0.2, 0.25) is 11.8 Å². The maximum atomic E-state index is 12.4. The van der Waals surface area contributed by atoms with Crippen LogP contribution in [0.5, 0.6) is 11.5 Å². The summed E-state index contributed by atoms with van der Waals surface area (Å²) in [6.07, 6.45) is 4.31. The standard InChI is InChI=1S/C25H33N3O4/c1-18(29)26-21-6-8-22(9-7-21)27-25(30)17-28-12-10-19(11-13-28)4-5-20-14-23(31-2)16-24(15-20)32-3/h6-9,14-16,19H,4-5,10-13,17H2,1-3H3,(H,26,29)(H,27,30). The van der Waals surface area contributed by atoms with Crippen LogP contribution in [0.15, 0.2) is 42.5 Å². The lowest BCUT2D eigenvalue weighted by Crippen LogP contribution is -2.39. The van der Waals surface area contributed by atoms with Crippen molar-refractivity contribution < 1.29 is 19.1 Å². The highest BCUT2D eigenvalue weighted by Crippen LogP contribution is 2.27. The van der Waals surface area contributed by atoms with Gasteiger partial charge in [-0.1, -0.05) is 0 Å². The van der Waals surface area contributed by atoms with Crippen molar-refractivity contribution in [2.24, 2.45) is 5.92 Å². The smallest absolute Gasteiger partial charge is 0.238 e. The van der Waals surface area contributed by atoms with Gasteiger partial charge in [0.25, 0.3) is 0 Å². The fraction of sp³-hybridized carbons (Fsp3) is 0.440. The number of nitrogens with zero attached hydrogens (tertiary/aromatic N) is 1. The number of aryl methyl sites for hydroxylation is 1. The fourth-order valence-corrected chi connectivity index (χ4v) is 4.06. The first kappa shape index (κ1) is 23.6. The largest absolute Gasteiger partial charge is 0.497 e. The summed E-state index contributed by atoms with van der Waals surface area (Å²) in [6, 6.07) is 13.2. The van der Waals surface area contributed by atoms with Crippen LogP contribution < -0.4 is 20.1 Å². The van der Waals surface area contributed by atoms with Crippen molar-refractivity contribution in [2.45, 2.75) is 32.6 Å². The number of hydrogen-bond acceptors (Lipinski definition) is 5. The molecule has 1 saturated heterocycles. The highest BCUT2D eigenvalue weighted by atomic mass is 16.5. The molecule has 0 radical (unpaired) electrons. The maximum absolute atomic E-state index is 12.4. The number of nitrogens with one attached hydrogen (secondary N) is 2. The highest BCUT2D eigenvalue weighted by molar-refractivity contribution is 5.93. The number of ether oxygens (including phenoxy) is 2. The normalized spacial score (nSPS) is 14.6. The first-order valence-corrected chi connectivity index (χ1v) is 11.1. The number of hydrogen-bond donors (Lipinski definition) is 2. The van der Waals surface area contributed by atoms with Crippen LogP contribution in [0.4, 0.5) is 11.4 Å². The third-order valence-corrected chi connectivity index (χ3v) is 5.82. The van der Waals surface area contributed by atoms with E-state index >= 15 is 0 Å². The second-order valence-electron chi connectivity index (χ2n) is 8.29. The van der Waals surface area contributed by atoms with Gasteiger partial charge >= 0.3 is 0 Å². The minimum absolute atomic E-state index is 0.0146. The molecule has 0 bridgehead atoms.